The van der Waals surface area contributed by atoms with E-state index < -0.39 is 0 Å². The lowest BCUT2D eigenvalue weighted by atomic mass is 10.1. The van der Waals surface area contributed by atoms with Crippen LogP contribution in [0.5, 0.6) is 0 Å². The number of anilines is 1. The first-order valence-electron chi connectivity index (χ1n) is 11.5. The zero-order chi connectivity index (χ0) is 23.0. The molecule has 0 unspecified atom stereocenters. The number of hydrogen-bond acceptors (Lipinski definition) is 5. The van der Waals surface area contributed by atoms with Crippen molar-refractivity contribution in [3.8, 4) is 11.1 Å². The van der Waals surface area contributed by atoms with Crippen LogP contribution in [0, 0.1) is 0 Å². The van der Waals surface area contributed by atoms with Gasteiger partial charge in [0.05, 0.1) is 11.9 Å². The van der Waals surface area contributed by atoms with Crippen molar-refractivity contribution in [2.75, 3.05) is 25.5 Å². The smallest absolute Gasteiger partial charge is 0.126 e. The SMILES string of the molecule is C/C=C\c1ccnc(CN2CCCC2)c1.CNc1cc2cc(-c3cnn(C)c3)ccc2cn1. The fraction of sp³-hybridized carbons (Fsp3) is 0.296. The van der Waals surface area contributed by atoms with Gasteiger partial charge in [-0.2, -0.15) is 5.10 Å². The van der Waals surface area contributed by atoms with E-state index in [-0.39, 0.29) is 0 Å². The highest BCUT2D eigenvalue weighted by Gasteiger charge is 2.12. The summed E-state index contributed by atoms with van der Waals surface area (Å²) < 4.78 is 1.81. The molecule has 5 rings (SSSR count). The molecule has 3 aromatic heterocycles. The summed E-state index contributed by atoms with van der Waals surface area (Å²) in [6.07, 6.45) is 14.5. The lowest BCUT2D eigenvalue weighted by Gasteiger charge is -2.13. The molecule has 0 aliphatic carbocycles. The van der Waals surface area contributed by atoms with Crippen LogP contribution in [0.25, 0.3) is 28.0 Å². The van der Waals surface area contributed by atoms with Crippen molar-refractivity contribution in [2.45, 2.75) is 26.3 Å². The van der Waals surface area contributed by atoms with Gasteiger partial charge in [0.15, 0.2) is 0 Å². The van der Waals surface area contributed by atoms with Crippen molar-refractivity contribution in [1.82, 2.24) is 24.6 Å². The molecule has 4 heterocycles. The number of benzene rings is 1. The third-order valence-electron chi connectivity index (χ3n) is 5.80. The average Bonchev–Trinajstić information content (AvgIpc) is 3.51. The van der Waals surface area contributed by atoms with Gasteiger partial charge in [0.1, 0.15) is 5.82 Å². The van der Waals surface area contributed by atoms with Crippen molar-refractivity contribution in [2.24, 2.45) is 7.05 Å². The Morgan fingerprint density at radius 2 is 1.82 bits per heavy atom. The largest absolute Gasteiger partial charge is 0.373 e. The molecule has 0 bridgehead atoms. The summed E-state index contributed by atoms with van der Waals surface area (Å²) in [5.74, 6) is 0.880. The van der Waals surface area contributed by atoms with E-state index in [1.54, 1.807) is 0 Å². The van der Waals surface area contributed by atoms with Gasteiger partial charge in [-0.1, -0.05) is 24.3 Å². The molecular formula is C27H32N6. The standard InChI is InChI=1S/C14H14N4.C13H18N2/c1-15-14-6-12-5-10(3-4-11(12)7-16-14)13-8-17-18(2)9-13;1-2-5-12-6-7-14-13(10-12)11-15-8-3-4-9-15/h3-9H,1-2H3,(H,15,16);2,5-7,10H,3-4,8-9,11H2,1H3/b;5-2-. The first kappa shape index (κ1) is 22.7. The molecule has 0 atom stereocenters. The molecule has 6 heteroatoms. The first-order valence-corrected chi connectivity index (χ1v) is 11.5. The number of pyridine rings is 2. The number of allylic oxidation sites excluding steroid dienone is 1. The molecule has 0 amide bonds. The quantitative estimate of drug-likeness (QED) is 0.451. The van der Waals surface area contributed by atoms with Gasteiger partial charge >= 0.3 is 0 Å². The van der Waals surface area contributed by atoms with Crippen LogP contribution in [0.1, 0.15) is 31.0 Å². The fourth-order valence-electron chi connectivity index (χ4n) is 4.08. The van der Waals surface area contributed by atoms with Gasteiger partial charge in [-0.05, 0) is 73.6 Å². The topological polar surface area (TPSA) is 58.9 Å². The highest BCUT2D eigenvalue weighted by Crippen LogP contribution is 2.25. The van der Waals surface area contributed by atoms with Gasteiger partial charge in [0.25, 0.3) is 0 Å². The second-order valence-corrected chi connectivity index (χ2v) is 8.35. The molecule has 1 aliphatic heterocycles. The summed E-state index contributed by atoms with van der Waals surface area (Å²) in [6.45, 7) is 5.51. The summed E-state index contributed by atoms with van der Waals surface area (Å²) in [5, 5.41) is 9.57. The molecule has 1 fully saturated rings. The van der Waals surface area contributed by atoms with Crippen LogP contribution in [-0.2, 0) is 13.6 Å². The van der Waals surface area contributed by atoms with Crippen LogP contribution in [0.2, 0.25) is 0 Å². The van der Waals surface area contributed by atoms with Crippen LogP contribution in [0.15, 0.2) is 67.3 Å². The number of nitrogens with zero attached hydrogens (tertiary/aromatic N) is 5. The summed E-state index contributed by atoms with van der Waals surface area (Å²) in [6, 6.07) is 12.6. The van der Waals surface area contributed by atoms with Crippen molar-refractivity contribution in [1.29, 1.82) is 0 Å². The van der Waals surface area contributed by atoms with E-state index in [0.29, 0.717) is 0 Å². The summed E-state index contributed by atoms with van der Waals surface area (Å²) in [5.41, 5.74) is 4.74. The van der Waals surface area contributed by atoms with Gasteiger partial charge in [0, 0.05) is 50.2 Å². The molecule has 1 aromatic carbocycles. The molecule has 4 aromatic rings. The number of aryl methyl sites for hydroxylation is 1. The molecule has 1 aliphatic rings. The molecule has 170 valence electrons. The Labute approximate surface area is 196 Å². The molecule has 1 saturated heterocycles. The number of nitrogens with one attached hydrogen (secondary N) is 1. The van der Waals surface area contributed by atoms with Gasteiger partial charge < -0.3 is 5.32 Å². The predicted octanol–water partition coefficient (Wildman–Crippen LogP) is 5.39. The minimum Gasteiger partial charge on any atom is -0.373 e. The lowest BCUT2D eigenvalue weighted by Crippen LogP contribution is -2.19. The summed E-state index contributed by atoms with van der Waals surface area (Å²) >= 11 is 0. The van der Waals surface area contributed by atoms with Gasteiger partial charge in [-0.15, -0.1) is 0 Å². The van der Waals surface area contributed by atoms with E-state index in [0.717, 1.165) is 23.3 Å². The van der Waals surface area contributed by atoms with Crippen molar-refractivity contribution in [3.63, 3.8) is 0 Å². The van der Waals surface area contributed by atoms with E-state index in [4.69, 9.17) is 0 Å². The van der Waals surface area contributed by atoms with Crippen LogP contribution in [0.3, 0.4) is 0 Å². The van der Waals surface area contributed by atoms with E-state index in [1.807, 2.05) is 56.6 Å². The second kappa shape index (κ2) is 10.9. The number of aromatic nitrogens is 4. The predicted molar refractivity (Wildman–Crippen MR) is 137 cm³/mol. The van der Waals surface area contributed by atoms with Crippen molar-refractivity contribution < 1.29 is 0 Å². The molecular weight excluding hydrogens is 408 g/mol. The maximum absolute atomic E-state index is 4.41. The Kier molecular flexibility index (Phi) is 7.47. The Balaban J connectivity index is 0.000000160. The Bertz CT molecular complexity index is 1220. The fourth-order valence-corrected chi connectivity index (χ4v) is 4.08. The zero-order valence-corrected chi connectivity index (χ0v) is 19.7. The first-order chi connectivity index (χ1) is 16.1. The minimum absolute atomic E-state index is 0.880. The summed E-state index contributed by atoms with van der Waals surface area (Å²) in [7, 11) is 3.80. The number of hydrogen-bond donors (Lipinski definition) is 1. The lowest BCUT2D eigenvalue weighted by molar-refractivity contribution is 0.327. The van der Waals surface area contributed by atoms with E-state index in [9.17, 15) is 0 Å². The molecule has 33 heavy (non-hydrogen) atoms. The average molecular weight is 441 g/mol. The van der Waals surface area contributed by atoms with Crippen molar-refractivity contribution in [3.05, 3.63) is 78.5 Å². The number of rotatable bonds is 5. The Hall–Kier alpha value is -3.51. The van der Waals surface area contributed by atoms with Crippen LogP contribution in [-0.4, -0.2) is 44.8 Å². The van der Waals surface area contributed by atoms with Gasteiger partial charge in [-0.3, -0.25) is 14.6 Å². The highest BCUT2D eigenvalue weighted by molar-refractivity contribution is 5.88. The Morgan fingerprint density at radius 3 is 2.55 bits per heavy atom. The molecule has 0 spiro atoms. The number of fused-ring (bicyclic) bond motifs is 1. The highest BCUT2D eigenvalue weighted by atomic mass is 15.2. The van der Waals surface area contributed by atoms with Crippen LogP contribution in [0.4, 0.5) is 5.82 Å². The van der Waals surface area contributed by atoms with E-state index in [1.165, 1.54) is 48.1 Å². The normalized spacial score (nSPS) is 13.9. The van der Waals surface area contributed by atoms with Crippen molar-refractivity contribution >= 4 is 22.7 Å². The second-order valence-electron chi connectivity index (χ2n) is 8.35. The van der Waals surface area contributed by atoms with Gasteiger partial charge in [-0.25, -0.2) is 4.98 Å². The molecule has 0 radical (unpaired) electrons. The van der Waals surface area contributed by atoms with Crippen LogP contribution >= 0.6 is 0 Å². The zero-order valence-electron chi connectivity index (χ0n) is 19.7. The van der Waals surface area contributed by atoms with Crippen LogP contribution < -0.4 is 5.32 Å². The molecule has 1 N–H and O–H groups in total. The minimum atomic E-state index is 0.880. The Morgan fingerprint density at radius 1 is 0.970 bits per heavy atom. The van der Waals surface area contributed by atoms with Gasteiger partial charge in [0.2, 0.25) is 0 Å². The monoisotopic (exact) mass is 440 g/mol. The number of likely N-dealkylation sites (tertiary alicyclic amines) is 1. The third kappa shape index (κ3) is 6.05. The van der Waals surface area contributed by atoms with E-state index in [2.05, 4.69) is 67.8 Å². The third-order valence-corrected chi connectivity index (χ3v) is 5.80. The summed E-state index contributed by atoms with van der Waals surface area (Å²) in [4.78, 5) is 11.2. The molecule has 6 nitrogen and oxygen atoms in total. The van der Waals surface area contributed by atoms with E-state index >= 15 is 0 Å². The maximum Gasteiger partial charge on any atom is 0.126 e. The maximum atomic E-state index is 4.41. The molecule has 0 saturated carbocycles.